The minimum atomic E-state index is 0. The van der Waals surface area contributed by atoms with Crippen LogP contribution in [0.2, 0.25) is 0 Å². The van der Waals surface area contributed by atoms with Gasteiger partial charge >= 0.3 is 0 Å². The largest absolute Gasteiger partial charge is 0.472 e. The summed E-state index contributed by atoms with van der Waals surface area (Å²) in [6.07, 6.45) is 7.52. The minimum Gasteiger partial charge on any atom is -0.472 e. The Morgan fingerprint density at radius 3 is 2.84 bits per heavy atom. The van der Waals surface area contributed by atoms with Gasteiger partial charge in [-0.1, -0.05) is 0 Å². The van der Waals surface area contributed by atoms with Crippen molar-refractivity contribution in [2.45, 2.75) is 12.3 Å². The maximum Gasteiger partial charge on any atom is 0.197 e. The molecule has 0 aliphatic rings. The summed E-state index contributed by atoms with van der Waals surface area (Å²) >= 11 is 0. The lowest BCUT2D eigenvalue weighted by Gasteiger charge is -2.10. The second-order valence-corrected chi connectivity index (χ2v) is 4.01. The third-order valence-corrected chi connectivity index (χ3v) is 2.80. The van der Waals surface area contributed by atoms with Gasteiger partial charge in [-0.2, -0.15) is 15.4 Å². The van der Waals surface area contributed by atoms with E-state index in [1.807, 2.05) is 6.07 Å². The molecule has 7 nitrogen and oxygen atoms in total. The third kappa shape index (κ3) is 2.76. The first-order valence-electron chi connectivity index (χ1n) is 5.50. The summed E-state index contributed by atoms with van der Waals surface area (Å²) < 4.78 is 5.08. The van der Waals surface area contributed by atoms with Crippen molar-refractivity contribution in [3.05, 3.63) is 47.9 Å². The number of hydrogen-bond donors (Lipinski definition) is 3. The van der Waals surface area contributed by atoms with Crippen LogP contribution >= 0.6 is 12.4 Å². The molecule has 8 heteroatoms. The zero-order valence-corrected chi connectivity index (χ0v) is 10.7. The van der Waals surface area contributed by atoms with E-state index in [9.17, 15) is 0 Å². The van der Waals surface area contributed by atoms with E-state index in [2.05, 4.69) is 25.4 Å². The Bertz CT molecular complexity index is 603. The number of imidazole rings is 1. The van der Waals surface area contributed by atoms with Gasteiger partial charge in [0.25, 0.3) is 0 Å². The van der Waals surface area contributed by atoms with Crippen molar-refractivity contribution in [3.63, 3.8) is 0 Å². The molecule has 0 aromatic carbocycles. The quantitative estimate of drug-likeness (QED) is 0.671. The smallest absolute Gasteiger partial charge is 0.197 e. The van der Waals surface area contributed by atoms with Gasteiger partial charge in [-0.25, -0.2) is 4.98 Å². The highest BCUT2D eigenvalue weighted by Crippen LogP contribution is 2.25. The molecule has 4 N–H and O–H groups in total. The molecule has 1 atom stereocenters. The van der Waals surface area contributed by atoms with Crippen LogP contribution in [-0.2, 0) is 6.42 Å². The predicted octanol–water partition coefficient (Wildman–Crippen LogP) is 1.50. The van der Waals surface area contributed by atoms with Gasteiger partial charge in [-0.15, -0.1) is 12.4 Å². The molecule has 0 spiro atoms. The van der Waals surface area contributed by atoms with Gasteiger partial charge in [0, 0.05) is 5.69 Å². The molecule has 0 saturated heterocycles. The SMILES string of the molecule is Cl.Nc1ncc(C(Cc2ccoc2)c2cn[nH]n2)[nH]1. The summed E-state index contributed by atoms with van der Waals surface area (Å²) in [5.41, 5.74) is 8.43. The second-order valence-electron chi connectivity index (χ2n) is 4.01. The molecular formula is C11H13ClN6O. The van der Waals surface area contributed by atoms with Gasteiger partial charge < -0.3 is 15.1 Å². The summed E-state index contributed by atoms with van der Waals surface area (Å²) in [7, 11) is 0. The van der Waals surface area contributed by atoms with Crippen LogP contribution < -0.4 is 5.73 Å². The Balaban J connectivity index is 0.00000133. The number of H-pyrrole nitrogens is 2. The number of nitrogens with two attached hydrogens (primary N) is 1. The highest BCUT2D eigenvalue weighted by molar-refractivity contribution is 5.85. The van der Waals surface area contributed by atoms with Crippen LogP contribution in [0.3, 0.4) is 0 Å². The zero-order chi connectivity index (χ0) is 12.4. The maximum atomic E-state index is 5.61. The number of nitrogen functional groups attached to an aromatic ring is 1. The lowest BCUT2D eigenvalue weighted by molar-refractivity contribution is 0.562. The van der Waals surface area contributed by atoms with Gasteiger partial charge in [0.2, 0.25) is 0 Å². The van der Waals surface area contributed by atoms with Crippen molar-refractivity contribution < 1.29 is 4.42 Å². The molecular weight excluding hydrogens is 268 g/mol. The fourth-order valence-electron chi connectivity index (χ4n) is 1.93. The fraction of sp³-hybridized carbons (Fsp3) is 0.182. The first-order valence-corrected chi connectivity index (χ1v) is 5.50. The van der Waals surface area contributed by atoms with Gasteiger partial charge in [0.05, 0.1) is 36.5 Å². The maximum absolute atomic E-state index is 5.61. The van der Waals surface area contributed by atoms with Crippen molar-refractivity contribution in [2.24, 2.45) is 0 Å². The van der Waals surface area contributed by atoms with Crippen molar-refractivity contribution in [2.75, 3.05) is 5.73 Å². The van der Waals surface area contributed by atoms with Crippen LogP contribution in [0.15, 0.2) is 35.4 Å². The summed E-state index contributed by atoms with van der Waals surface area (Å²) in [5.74, 6) is 0.414. The van der Waals surface area contributed by atoms with E-state index in [1.54, 1.807) is 24.9 Å². The second kappa shape index (κ2) is 5.57. The molecule has 3 heterocycles. The predicted molar refractivity (Wildman–Crippen MR) is 70.9 cm³/mol. The Labute approximate surface area is 115 Å². The number of aromatic amines is 2. The number of nitrogens with one attached hydrogen (secondary N) is 2. The molecule has 3 aromatic rings. The molecule has 19 heavy (non-hydrogen) atoms. The number of rotatable bonds is 4. The molecule has 0 saturated carbocycles. The lowest BCUT2D eigenvalue weighted by atomic mass is 9.95. The van der Waals surface area contributed by atoms with Gasteiger partial charge in [0.15, 0.2) is 5.95 Å². The first kappa shape index (κ1) is 13.2. The highest BCUT2D eigenvalue weighted by Gasteiger charge is 2.20. The fourth-order valence-corrected chi connectivity index (χ4v) is 1.93. The van der Waals surface area contributed by atoms with Crippen molar-refractivity contribution in [1.29, 1.82) is 0 Å². The highest BCUT2D eigenvalue weighted by atomic mass is 35.5. The Hall–Kier alpha value is -2.28. The number of nitrogens with zero attached hydrogens (tertiary/aromatic N) is 3. The van der Waals surface area contributed by atoms with Crippen LogP contribution in [0.4, 0.5) is 5.95 Å². The average molecular weight is 281 g/mol. The number of halogens is 1. The molecule has 0 aliphatic carbocycles. The molecule has 3 rings (SSSR count). The van der Waals surface area contributed by atoms with Crippen molar-refractivity contribution in [3.8, 4) is 0 Å². The summed E-state index contributed by atoms with van der Waals surface area (Å²) in [6.45, 7) is 0. The van der Waals surface area contributed by atoms with E-state index < -0.39 is 0 Å². The topological polar surface area (TPSA) is 109 Å². The van der Waals surface area contributed by atoms with E-state index in [4.69, 9.17) is 10.2 Å². The van der Waals surface area contributed by atoms with Crippen LogP contribution in [0.1, 0.15) is 22.9 Å². The Kier molecular flexibility index (Phi) is 3.86. The van der Waals surface area contributed by atoms with Gasteiger partial charge in [-0.3, -0.25) is 0 Å². The minimum absolute atomic E-state index is 0. The normalized spacial score (nSPS) is 12.0. The summed E-state index contributed by atoms with van der Waals surface area (Å²) in [4.78, 5) is 7.05. The molecule has 0 fully saturated rings. The molecule has 100 valence electrons. The monoisotopic (exact) mass is 280 g/mol. The van der Waals surface area contributed by atoms with E-state index in [-0.39, 0.29) is 18.3 Å². The summed E-state index contributed by atoms with van der Waals surface area (Å²) in [6, 6.07) is 1.92. The van der Waals surface area contributed by atoms with Crippen LogP contribution in [0.5, 0.6) is 0 Å². The van der Waals surface area contributed by atoms with E-state index >= 15 is 0 Å². The molecule has 3 aromatic heterocycles. The Morgan fingerprint density at radius 2 is 2.26 bits per heavy atom. The third-order valence-electron chi connectivity index (χ3n) is 2.80. The van der Waals surface area contributed by atoms with Crippen molar-refractivity contribution in [1.82, 2.24) is 25.4 Å². The molecule has 0 amide bonds. The van der Waals surface area contributed by atoms with Gasteiger partial charge in [0.1, 0.15) is 0 Å². The lowest BCUT2D eigenvalue weighted by Crippen LogP contribution is -2.06. The van der Waals surface area contributed by atoms with Crippen LogP contribution in [0, 0.1) is 0 Å². The zero-order valence-electron chi connectivity index (χ0n) is 9.91. The van der Waals surface area contributed by atoms with Gasteiger partial charge in [-0.05, 0) is 18.1 Å². The number of anilines is 1. The molecule has 0 radical (unpaired) electrons. The van der Waals surface area contributed by atoms with E-state index in [0.717, 1.165) is 23.4 Å². The van der Waals surface area contributed by atoms with E-state index in [0.29, 0.717) is 5.95 Å². The number of aromatic nitrogens is 5. The van der Waals surface area contributed by atoms with E-state index in [1.165, 1.54) is 0 Å². The standard InChI is InChI=1S/C11H12N6O.ClH/c12-11-13-4-9(15-11)8(10-5-14-17-16-10)3-7-1-2-18-6-7;/h1-2,4-6,8H,3H2,(H3,12,13,15)(H,14,16,17);1H. The van der Waals surface area contributed by atoms with Crippen LogP contribution in [0.25, 0.3) is 0 Å². The molecule has 0 aliphatic heterocycles. The molecule has 1 unspecified atom stereocenters. The Morgan fingerprint density at radius 1 is 1.37 bits per heavy atom. The van der Waals surface area contributed by atoms with Crippen molar-refractivity contribution >= 4 is 18.4 Å². The summed E-state index contributed by atoms with van der Waals surface area (Å²) in [5, 5.41) is 10.6. The number of hydrogen-bond acceptors (Lipinski definition) is 5. The average Bonchev–Trinajstić information content (AvgIpc) is 3.09. The molecule has 0 bridgehead atoms. The first-order chi connectivity index (χ1) is 8.83. The number of furan rings is 1. The van der Waals surface area contributed by atoms with Crippen LogP contribution in [-0.4, -0.2) is 25.4 Å².